The van der Waals surface area contributed by atoms with Crippen molar-refractivity contribution in [2.45, 2.75) is 68.0 Å². The minimum atomic E-state index is -2.77. The van der Waals surface area contributed by atoms with Crippen LogP contribution in [0, 0.1) is 0 Å². The Hall–Kier alpha value is -17.4. The largest absolute Gasteiger partial charge is 0.465 e. The van der Waals surface area contributed by atoms with Gasteiger partial charge in [0.25, 0.3) is 0 Å². The highest BCUT2D eigenvalue weighted by atomic mass is 16.4. The fourth-order valence-corrected chi connectivity index (χ4v) is 28.2. The van der Waals surface area contributed by atoms with Crippen molar-refractivity contribution in [3.63, 3.8) is 0 Å². The molecule has 0 aromatic carbocycles. The third-order valence-electron chi connectivity index (χ3n) is 31.9. The first-order valence-corrected chi connectivity index (χ1v) is 42.5. The lowest BCUT2D eigenvalue weighted by Crippen LogP contribution is -2.73. The molecule has 666 valence electrons. The molecule has 19 aliphatic heterocycles. The molecule has 0 unspecified atom stereocenters. The number of urea groups is 12. The van der Waals surface area contributed by atoms with E-state index in [4.69, 9.17) is 53.0 Å². The van der Waals surface area contributed by atoms with Gasteiger partial charge in [0, 0.05) is 13.1 Å². The summed E-state index contributed by atoms with van der Waals surface area (Å²) < 4.78 is 81.9. The van der Waals surface area contributed by atoms with E-state index >= 15 is 57.5 Å². The zero-order valence-electron chi connectivity index (χ0n) is 68.5. The normalized spacial score (nSPS) is 34.1. The lowest BCUT2D eigenvalue weighted by Gasteiger charge is -2.55. The van der Waals surface area contributed by atoms with E-state index in [2.05, 4.69) is 0 Å². The van der Waals surface area contributed by atoms with Crippen LogP contribution in [0.5, 0.6) is 0 Å². The summed E-state index contributed by atoms with van der Waals surface area (Å²) in [5.74, 6) is -2.81. The topological polar surface area (TPSA) is 440 Å². The van der Waals surface area contributed by atoms with E-state index in [0.29, 0.717) is 0 Å². The van der Waals surface area contributed by atoms with Crippen LogP contribution in [0.1, 0.15) is 69.1 Å². The van der Waals surface area contributed by atoms with E-state index < -0.39 is 227 Å². The van der Waals surface area contributed by atoms with Gasteiger partial charge in [-0.15, -0.1) is 0 Å². The maximum atomic E-state index is 18.6. The number of carbonyl (C=O) groups is 12. The van der Waals surface area contributed by atoms with Crippen molar-refractivity contribution in [3.8, 4) is 0 Å². The average molecular weight is 1800 g/mol. The Labute approximate surface area is 741 Å². The third kappa shape index (κ3) is 6.26. The standard InChI is InChI=1S/C85H62N24O24/c110-62-86-25-26-87-63(111)89-40-95-67(115)98-44-102-70(118)106-48-107-71(119)103-45-99-69(117)101-47-105-73(121)109(85(107,61-24-12-38-133-61)83(103,105)59-22-10-36-131-59)49-108-72(120)104(82(102,58-21-9-35-130-58)84(106,108)60-23-11-37-132-60)46-100-68(116)97(78(95,54-17-5-31-126-54)81(98,100)57-20-8-34-129-57)43-93-65(113)91(75(87,51-14-2-28-123-51)77(89,93)53-16-4-30-125-53)41-90-64(112)92-42-96-66(114)94(79(99,55-18-6-32-127-55)80(96,101)56-19-7-33-128-56)39-88(62)76(92,52-15-3-29-124-52)74(86,90)50-13-1-27-122-50/h1-24,27-38H,25-26,39-49H2/t74-,75+,76+,77-,78+,79+,80-,81-,82+,83-,84-,85+/m0/s1. The molecule has 0 spiro atoms. The van der Waals surface area contributed by atoms with Crippen molar-refractivity contribution in [2.75, 3.05) is 86.4 Å². The zero-order valence-corrected chi connectivity index (χ0v) is 68.5. The molecule has 31 heterocycles. The molecule has 133 heavy (non-hydrogen) atoms. The molecule has 0 aliphatic carbocycles. The number of fused-ring (bicyclic) bond motifs is 4. The van der Waals surface area contributed by atoms with Crippen LogP contribution in [0.15, 0.2) is 274 Å². The van der Waals surface area contributed by atoms with Gasteiger partial charge in [-0.2, -0.15) is 0 Å². The van der Waals surface area contributed by atoms with Gasteiger partial charge in [-0.3, -0.25) is 118 Å². The summed E-state index contributed by atoms with van der Waals surface area (Å²) in [5, 5.41) is 0. The molecule has 14 bridgehead atoms. The van der Waals surface area contributed by atoms with Gasteiger partial charge in [0.1, 0.15) is 73.4 Å². The van der Waals surface area contributed by atoms with E-state index in [1.807, 2.05) is 0 Å². The molecule has 0 radical (unpaired) electrons. The number of hydrogen-bond acceptors (Lipinski definition) is 24. The van der Waals surface area contributed by atoms with E-state index in [-0.39, 0.29) is 69.1 Å². The maximum Gasteiger partial charge on any atom is 0.327 e. The summed E-state index contributed by atoms with van der Waals surface area (Å²) in [6, 6.07) is 22.5. The highest BCUT2D eigenvalue weighted by molar-refractivity contribution is 6.00. The van der Waals surface area contributed by atoms with Crippen LogP contribution in [0.2, 0.25) is 0 Å². The summed E-state index contributed by atoms with van der Waals surface area (Å²) in [6.07, 6.45) is 15.4. The van der Waals surface area contributed by atoms with Crippen molar-refractivity contribution in [3.05, 3.63) is 290 Å². The number of amides is 24. The van der Waals surface area contributed by atoms with E-state index in [1.54, 1.807) is 0 Å². The van der Waals surface area contributed by atoms with Crippen molar-refractivity contribution in [1.29, 1.82) is 0 Å². The molecule has 12 atom stereocenters. The number of hydrogen-bond donors (Lipinski definition) is 0. The Morgan fingerprint density at radius 1 is 0.135 bits per heavy atom. The summed E-state index contributed by atoms with van der Waals surface area (Å²) in [5.41, 5.74) is -32.4. The second kappa shape index (κ2) is 21.9. The molecule has 12 aromatic heterocycles. The molecule has 19 saturated heterocycles. The first-order chi connectivity index (χ1) is 64.9. The molecule has 24 amide bonds. The fraction of sp³-hybridized carbons (Fsp3) is 0.294. The van der Waals surface area contributed by atoms with Gasteiger partial charge in [-0.1, -0.05) is 0 Å². The molecule has 19 fully saturated rings. The minimum absolute atomic E-state index is 0.189. The summed E-state index contributed by atoms with van der Waals surface area (Å²) in [6.45, 7) is -13.6. The Morgan fingerprint density at radius 3 is 0.301 bits per heavy atom. The van der Waals surface area contributed by atoms with E-state index in [0.717, 1.165) is 4.90 Å². The lowest BCUT2D eigenvalue weighted by atomic mass is 9.83. The number of carbonyl (C=O) groups excluding carboxylic acids is 12. The van der Waals surface area contributed by atoms with Crippen LogP contribution in [-0.4, -0.2) is 276 Å². The van der Waals surface area contributed by atoms with Crippen molar-refractivity contribution in [1.82, 2.24) is 118 Å². The molecule has 12 aromatic rings. The molecule has 48 heteroatoms. The summed E-state index contributed by atoms with van der Waals surface area (Å²) in [4.78, 5) is 249. The Bertz CT molecular complexity index is 7130. The van der Waals surface area contributed by atoms with Gasteiger partial charge < -0.3 is 53.0 Å². The fourth-order valence-electron chi connectivity index (χ4n) is 28.2. The SMILES string of the molecule is O=C1N2CN3C(=O)N4CN5C(=O)N6CN7C(=O)N(CN8C(=O)N9CN%10C(=O)N%11CN%12C(=O)N%13CN%14C(=O)N%15CN%16C(=O)N(CN%17C(=O)N(CCN%18C(=O)N(CN%19C(=O)N(CN1[C@@]9(c1ccco1)[C@@]28c1ccco1)[C@]%10(c1ccco1)[C@]%19%11c1ccco1)[C@]%12(c1ccco1)[C@]%18%13c1ccco1)[C@]%14(c1ccco1)[C@]%17%15c1ccco1)[C@@]5(c1ccco1)[C@]6%16c1ccco1)[C@]3(c1ccco1)[C@@]47c1ccco1. The molecule has 31 rings (SSSR count). The molecule has 0 N–H and O–H groups in total. The average Bonchev–Trinajstić information content (AvgIpc) is 1.44. The van der Waals surface area contributed by atoms with Crippen LogP contribution in [-0.2, 0) is 68.0 Å². The van der Waals surface area contributed by atoms with Crippen LogP contribution < -0.4 is 0 Å². The Morgan fingerprint density at radius 2 is 0.218 bits per heavy atom. The van der Waals surface area contributed by atoms with Gasteiger partial charge in [-0.05, 0) is 146 Å². The summed E-state index contributed by atoms with van der Waals surface area (Å²) in [7, 11) is 0. The lowest BCUT2D eigenvalue weighted by molar-refractivity contribution is -0.202. The van der Waals surface area contributed by atoms with Gasteiger partial charge >= 0.3 is 72.4 Å². The van der Waals surface area contributed by atoms with Crippen LogP contribution in [0.3, 0.4) is 0 Å². The quantitative estimate of drug-likeness (QED) is 0.112. The highest BCUT2D eigenvalue weighted by Gasteiger charge is 2.98. The molecular formula is C85H62N24O24. The Balaban J connectivity index is 0.761. The van der Waals surface area contributed by atoms with Crippen LogP contribution in [0.25, 0.3) is 0 Å². The minimum Gasteiger partial charge on any atom is -0.465 e. The molecular weight excluding hydrogens is 1740 g/mol. The van der Waals surface area contributed by atoms with E-state index in [9.17, 15) is 0 Å². The van der Waals surface area contributed by atoms with Crippen molar-refractivity contribution in [2.24, 2.45) is 0 Å². The zero-order chi connectivity index (χ0) is 88.8. The predicted octanol–water partition coefficient (Wildman–Crippen LogP) is 7.82. The van der Waals surface area contributed by atoms with Crippen LogP contribution in [0.4, 0.5) is 57.5 Å². The first kappa shape index (κ1) is 71.6. The Kier molecular flexibility index (Phi) is 11.8. The van der Waals surface area contributed by atoms with E-state index in [1.165, 1.54) is 333 Å². The monoisotopic (exact) mass is 1800 g/mol. The highest BCUT2D eigenvalue weighted by Crippen LogP contribution is 2.77. The second-order valence-corrected chi connectivity index (χ2v) is 35.5. The smallest absolute Gasteiger partial charge is 0.327 e. The number of furan rings is 12. The maximum absolute atomic E-state index is 18.6. The van der Waals surface area contributed by atoms with Gasteiger partial charge in [0.15, 0.2) is 69.1 Å². The predicted molar refractivity (Wildman–Crippen MR) is 417 cm³/mol. The van der Waals surface area contributed by atoms with Crippen LogP contribution >= 0.6 is 0 Å². The van der Waals surface area contributed by atoms with Crippen molar-refractivity contribution < 1.29 is 111 Å². The second-order valence-electron chi connectivity index (χ2n) is 35.5. The van der Waals surface area contributed by atoms with Gasteiger partial charge in [0.05, 0.1) is 75.2 Å². The summed E-state index contributed by atoms with van der Waals surface area (Å²) >= 11 is 0. The molecule has 19 aliphatic rings. The van der Waals surface area contributed by atoms with Gasteiger partial charge in [0.2, 0.25) is 68.0 Å². The number of rotatable bonds is 12. The van der Waals surface area contributed by atoms with Gasteiger partial charge in [-0.25, -0.2) is 57.5 Å². The van der Waals surface area contributed by atoms with Crippen molar-refractivity contribution >= 4 is 72.4 Å². The molecule has 0 saturated carbocycles. The third-order valence-corrected chi connectivity index (χ3v) is 31.9. The first-order valence-electron chi connectivity index (χ1n) is 42.5. The molecule has 48 nitrogen and oxygen atoms in total. The number of nitrogens with zero attached hydrogens (tertiary/aromatic N) is 24.